The van der Waals surface area contributed by atoms with Gasteiger partial charge in [-0.1, -0.05) is 25.5 Å². The molecule has 0 radical (unpaired) electrons. The Hall–Kier alpha value is -1.06. The van der Waals surface area contributed by atoms with Gasteiger partial charge in [-0.2, -0.15) is 0 Å². The fourth-order valence-electron chi connectivity index (χ4n) is 1.67. The molecule has 2 rings (SSSR count). The molecule has 1 saturated carbocycles. The SMILES string of the molecule is CCC(C)Cn1nnc(N)c1C1CC1. The van der Waals surface area contributed by atoms with Crippen molar-refractivity contribution in [2.24, 2.45) is 5.92 Å². The number of nitrogens with two attached hydrogens (primary N) is 1. The molecule has 1 aliphatic rings. The van der Waals surface area contributed by atoms with Gasteiger partial charge in [0.25, 0.3) is 0 Å². The molecule has 1 aliphatic carbocycles. The van der Waals surface area contributed by atoms with Crippen LogP contribution in [0.2, 0.25) is 0 Å². The third-order valence-corrected chi connectivity index (χ3v) is 2.95. The van der Waals surface area contributed by atoms with Crippen molar-refractivity contribution in [3.8, 4) is 0 Å². The van der Waals surface area contributed by atoms with Crippen LogP contribution in [0.15, 0.2) is 0 Å². The summed E-state index contributed by atoms with van der Waals surface area (Å²) in [5.74, 6) is 1.92. The molecule has 1 aromatic rings. The van der Waals surface area contributed by atoms with Gasteiger partial charge in [-0.25, -0.2) is 4.68 Å². The Morgan fingerprint density at radius 2 is 2.29 bits per heavy atom. The van der Waals surface area contributed by atoms with Crippen molar-refractivity contribution in [2.45, 2.75) is 45.6 Å². The van der Waals surface area contributed by atoms with Crippen LogP contribution in [-0.4, -0.2) is 15.0 Å². The number of rotatable bonds is 4. The second-order valence-corrected chi connectivity index (χ2v) is 4.33. The van der Waals surface area contributed by atoms with Crippen LogP contribution < -0.4 is 5.73 Å². The molecular weight excluding hydrogens is 176 g/mol. The number of aromatic nitrogens is 3. The summed E-state index contributed by atoms with van der Waals surface area (Å²) in [5, 5.41) is 8.06. The summed E-state index contributed by atoms with van der Waals surface area (Å²) in [6, 6.07) is 0. The molecule has 1 aromatic heterocycles. The summed E-state index contributed by atoms with van der Waals surface area (Å²) >= 11 is 0. The lowest BCUT2D eigenvalue weighted by Gasteiger charge is -2.10. The van der Waals surface area contributed by atoms with Gasteiger partial charge in [-0.15, -0.1) is 5.10 Å². The van der Waals surface area contributed by atoms with E-state index in [-0.39, 0.29) is 0 Å². The zero-order chi connectivity index (χ0) is 10.1. The maximum absolute atomic E-state index is 5.81. The van der Waals surface area contributed by atoms with E-state index >= 15 is 0 Å². The molecule has 4 heteroatoms. The predicted molar refractivity (Wildman–Crippen MR) is 55.9 cm³/mol. The summed E-state index contributed by atoms with van der Waals surface area (Å²) in [4.78, 5) is 0. The molecule has 0 aromatic carbocycles. The Bertz CT molecular complexity index is 314. The Balaban J connectivity index is 2.15. The number of anilines is 1. The zero-order valence-corrected chi connectivity index (χ0v) is 8.90. The highest BCUT2D eigenvalue weighted by Crippen LogP contribution is 2.42. The zero-order valence-electron chi connectivity index (χ0n) is 8.90. The van der Waals surface area contributed by atoms with E-state index in [9.17, 15) is 0 Å². The summed E-state index contributed by atoms with van der Waals surface area (Å²) < 4.78 is 2.00. The van der Waals surface area contributed by atoms with E-state index in [4.69, 9.17) is 5.73 Å². The fraction of sp³-hybridized carbons (Fsp3) is 0.800. The minimum atomic E-state index is 0.633. The van der Waals surface area contributed by atoms with Crippen LogP contribution in [-0.2, 0) is 6.54 Å². The van der Waals surface area contributed by atoms with E-state index < -0.39 is 0 Å². The molecule has 14 heavy (non-hydrogen) atoms. The Labute approximate surface area is 84.5 Å². The molecule has 0 amide bonds. The first kappa shape index (κ1) is 9.49. The predicted octanol–water partition coefficient (Wildman–Crippen LogP) is 1.78. The monoisotopic (exact) mass is 194 g/mol. The first-order valence-corrected chi connectivity index (χ1v) is 5.41. The Kier molecular flexibility index (Phi) is 2.44. The topological polar surface area (TPSA) is 56.7 Å². The van der Waals surface area contributed by atoms with Crippen molar-refractivity contribution in [2.75, 3.05) is 5.73 Å². The van der Waals surface area contributed by atoms with Crippen molar-refractivity contribution >= 4 is 5.82 Å². The van der Waals surface area contributed by atoms with Gasteiger partial charge in [-0.05, 0) is 18.8 Å². The van der Waals surface area contributed by atoms with Crippen molar-refractivity contribution in [1.82, 2.24) is 15.0 Å². The Morgan fingerprint density at radius 3 is 2.86 bits per heavy atom. The third-order valence-electron chi connectivity index (χ3n) is 2.95. The first-order valence-electron chi connectivity index (χ1n) is 5.41. The smallest absolute Gasteiger partial charge is 0.169 e. The number of hydrogen-bond acceptors (Lipinski definition) is 3. The normalized spacial score (nSPS) is 18.4. The lowest BCUT2D eigenvalue weighted by atomic mass is 10.1. The van der Waals surface area contributed by atoms with Crippen LogP contribution in [0.3, 0.4) is 0 Å². The summed E-state index contributed by atoms with van der Waals surface area (Å²) in [5.41, 5.74) is 6.98. The van der Waals surface area contributed by atoms with Crippen molar-refractivity contribution in [3.05, 3.63) is 5.69 Å². The van der Waals surface area contributed by atoms with Gasteiger partial charge in [0.1, 0.15) is 0 Å². The molecule has 0 saturated heterocycles. The van der Waals surface area contributed by atoms with Crippen LogP contribution in [0.1, 0.15) is 44.7 Å². The van der Waals surface area contributed by atoms with E-state index in [0.717, 1.165) is 6.54 Å². The van der Waals surface area contributed by atoms with Crippen LogP contribution in [0.4, 0.5) is 5.82 Å². The highest BCUT2D eigenvalue weighted by atomic mass is 15.4. The largest absolute Gasteiger partial charge is 0.381 e. The molecule has 1 fully saturated rings. The van der Waals surface area contributed by atoms with Crippen LogP contribution in [0.25, 0.3) is 0 Å². The average Bonchev–Trinajstić information content (AvgIpc) is 2.93. The number of hydrogen-bond donors (Lipinski definition) is 1. The van der Waals surface area contributed by atoms with E-state index in [1.807, 2.05) is 4.68 Å². The third kappa shape index (κ3) is 1.74. The van der Waals surface area contributed by atoms with Crippen LogP contribution in [0, 0.1) is 5.92 Å². The molecule has 1 atom stereocenters. The second-order valence-electron chi connectivity index (χ2n) is 4.33. The van der Waals surface area contributed by atoms with E-state index in [2.05, 4.69) is 24.2 Å². The average molecular weight is 194 g/mol. The van der Waals surface area contributed by atoms with Crippen LogP contribution in [0.5, 0.6) is 0 Å². The molecule has 78 valence electrons. The highest BCUT2D eigenvalue weighted by Gasteiger charge is 2.30. The molecule has 2 N–H and O–H groups in total. The minimum absolute atomic E-state index is 0.633. The number of nitrogen functional groups attached to an aromatic ring is 1. The van der Waals surface area contributed by atoms with Crippen molar-refractivity contribution in [3.63, 3.8) is 0 Å². The van der Waals surface area contributed by atoms with Crippen LogP contribution >= 0.6 is 0 Å². The lowest BCUT2D eigenvalue weighted by Crippen LogP contribution is -2.11. The van der Waals surface area contributed by atoms with Crippen molar-refractivity contribution in [1.29, 1.82) is 0 Å². The van der Waals surface area contributed by atoms with Gasteiger partial charge in [0.2, 0.25) is 0 Å². The molecule has 0 bridgehead atoms. The van der Waals surface area contributed by atoms with E-state index in [1.54, 1.807) is 0 Å². The summed E-state index contributed by atoms with van der Waals surface area (Å²) in [6.07, 6.45) is 3.67. The van der Waals surface area contributed by atoms with E-state index in [0.29, 0.717) is 17.7 Å². The molecule has 1 heterocycles. The van der Waals surface area contributed by atoms with Crippen molar-refractivity contribution < 1.29 is 0 Å². The molecule has 1 unspecified atom stereocenters. The van der Waals surface area contributed by atoms with Gasteiger partial charge < -0.3 is 5.73 Å². The maximum Gasteiger partial charge on any atom is 0.169 e. The summed E-state index contributed by atoms with van der Waals surface area (Å²) in [6.45, 7) is 5.38. The number of nitrogens with zero attached hydrogens (tertiary/aromatic N) is 3. The quantitative estimate of drug-likeness (QED) is 0.795. The maximum atomic E-state index is 5.81. The highest BCUT2D eigenvalue weighted by molar-refractivity contribution is 5.38. The first-order chi connectivity index (χ1) is 6.72. The molecule has 4 nitrogen and oxygen atoms in total. The standard InChI is InChI=1S/C10H18N4/c1-3-7(2)6-14-9(8-4-5-8)10(11)12-13-14/h7-8H,3-6,11H2,1-2H3. The summed E-state index contributed by atoms with van der Waals surface area (Å²) in [7, 11) is 0. The molecular formula is C10H18N4. The van der Waals surface area contributed by atoms with E-state index in [1.165, 1.54) is 25.0 Å². The van der Waals surface area contributed by atoms with Gasteiger partial charge in [0.05, 0.1) is 5.69 Å². The molecule has 0 spiro atoms. The fourth-order valence-corrected chi connectivity index (χ4v) is 1.67. The molecule has 0 aliphatic heterocycles. The minimum Gasteiger partial charge on any atom is -0.381 e. The van der Waals surface area contributed by atoms with Gasteiger partial charge in [0, 0.05) is 12.5 Å². The van der Waals surface area contributed by atoms with Gasteiger partial charge in [-0.3, -0.25) is 0 Å². The Morgan fingerprint density at radius 1 is 1.57 bits per heavy atom. The van der Waals surface area contributed by atoms with Gasteiger partial charge in [0.15, 0.2) is 5.82 Å². The lowest BCUT2D eigenvalue weighted by molar-refractivity contribution is 0.421. The van der Waals surface area contributed by atoms with Gasteiger partial charge >= 0.3 is 0 Å². The second kappa shape index (κ2) is 3.59.